The first-order chi connectivity index (χ1) is 12.9. The molecule has 3 aromatic rings. The Labute approximate surface area is 155 Å². The van der Waals surface area contributed by atoms with Crippen molar-refractivity contribution in [2.24, 2.45) is 0 Å². The van der Waals surface area contributed by atoms with Gasteiger partial charge in [0.25, 0.3) is 0 Å². The molecule has 0 fully saturated rings. The van der Waals surface area contributed by atoms with Crippen LogP contribution < -0.4 is 10.1 Å². The number of hydrogen-bond acceptors (Lipinski definition) is 2. The van der Waals surface area contributed by atoms with Gasteiger partial charge in [0.05, 0.1) is 25.0 Å². The van der Waals surface area contributed by atoms with Crippen molar-refractivity contribution in [2.45, 2.75) is 19.6 Å². The molecular formula is C21H19F3N2O. The average Bonchev–Trinajstić information content (AvgIpc) is 2.95. The van der Waals surface area contributed by atoms with Crippen molar-refractivity contribution in [1.82, 2.24) is 4.57 Å². The molecule has 0 radical (unpaired) electrons. The molecule has 0 atom stereocenters. The molecule has 6 heteroatoms. The maximum atomic E-state index is 13.0. The molecule has 27 heavy (non-hydrogen) atoms. The van der Waals surface area contributed by atoms with Gasteiger partial charge in [-0.05, 0) is 42.7 Å². The zero-order valence-corrected chi connectivity index (χ0v) is 15.0. The van der Waals surface area contributed by atoms with Crippen molar-refractivity contribution in [1.29, 1.82) is 0 Å². The first-order valence-electron chi connectivity index (χ1n) is 8.40. The van der Waals surface area contributed by atoms with Crippen LogP contribution in [0.4, 0.5) is 18.9 Å². The van der Waals surface area contributed by atoms with Crippen LogP contribution in [-0.2, 0) is 6.54 Å². The number of halogens is 3. The molecule has 3 rings (SSSR count). The molecule has 0 saturated carbocycles. The number of anilines is 1. The number of ether oxygens (including phenoxy) is 1. The molecule has 0 unspecified atom stereocenters. The predicted octanol–water partition coefficient (Wildman–Crippen LogP) is 4.98. The van der Waals surface area contributed by atoms with E-state index in [2.05, 4.69) is 17.2 Å². The van der Waals surface area contributed by atoms with E-state index in [9.17, 15) is 13.2 Å². The molecule has 0 amide bonds. The van der Waals surface area contributed by atoms with E-state index >= 15 is 0 Å². The van der Waals surface area contributed by atoms with Crippen LogP contribution >= 0.6 is 0 Å². The van der Waals surface area contributed by atoms with Crippen LogP contribution in [0.25, 0.3) is 10.9 Å². The Balaban J connectivity index is 1.82. The molecule has 1 aromatic heterocycles. The van der Waals surface area contributed by atoms with Gasteiger partial charge in [0, 0.05) is 10.9 Å². The number of fused-ring (bicyclic) bond motifs is 1. The summed E-state index contributed by atoms with van der Waals surface area (Å²) in [5, 5.41) is 3.87. The Hall–Kier alpha value is -3.07. The molecule has 0 aliphatic carbocycles. The molecule has 1 N–H and O–H groups in total. The van der Waals surface area contributed by atoms with Crippen LogP contribution in [0, 0.1) is 18.8 Å². The monoisotopic (exact) mass is 372 g/mol. The van der Waals surface area contributed by atoms with Crippen molar-refractivity contribution in [3.05, 3.63) is 59.8 Å². The van der Waals surface area contributed by atoms with Gasteiger partial charge >= 0.3 is 6.18 Å². The minimum atomic E-state index is -4.31. The highest BCUT2D eigenvalue weighted by Crippen LogP contribution is 2.26. The van der Waals surface area contributed by atoms with Gasteiger partial charge in [-0.1, -0.05) is 30.2 Å². The van der Waals surface area contributed by atoms with Crippen LogP contribution in [-0.4, -0.2) is 24.4 Å². The standard InChI is InChI=1S/C21H19F3N2O/c1-15-9-10-18(20(12-15)27-2)25-11-5-7-17-13-16-6-3-4-8-19(16)26(17)14-21(22,23)24/h3-4,6,8-10,12-13,25H,11,14H2,1-2H3. The van der Waals surface area contributed by atoms with Gasteiger partial charge in [0.2, 0.25) is 0 Å². The molecule has 140 valence electrons. The lowest BCUT2D eigenvalue weighted by molar-refractivity contribution is -0.140. The average molecular weight is 372 g/mol. The summed E-state index contributed by atoms with van der Waals surface area (Å²) in [5.74, 6) is 6.45. The summed E-state index contributed by atoms with van der Waals surface area (Å²) < 4.78 is 45.4. The third-order valence-corrected chi connectivity index (χ3v) is 4.09. The molecule has 0 saturated heterocycles. The summed E-state index contributed by atoms with van der Waals surface area (Å²) in [6, 6.07) is 14.4. The Kier molecular flexibility index (Phi) is 5.31. The molecule has 0 spiro atoms. The number of para-hydroxylation sites is 1. The first-order valence-corrected chi connectivity index (χ1v) is 8.40. The number of methoxy groups -OCH3 is 1. The second-order valence-corrected chi connectivity index (χ2v) is 6.15. The normalized spacial score (nSPS) is 11.1. The second-order valence-electron chi connectivity index (χ2n) is 6.15. The van der Waals surface area contributed by atoms with E-state index in [-0.39, 0.29) is 6.54 Å². The highest BCUT2D eigenvalue weighted by atomic mass is 19.4. The minimum absolute atomic E-state index is 0.285. The Bertz CT molecular complexity index is 1010. The lowest BCUT2D eigenvalue weighted by atomic mass is 10.2. The number of rotatable bonds is 4. The molecule has 1 heterocycles. The molecule has 0 bridgehead atoms. The summed E-state index contributed by atoms with van der Waals surface area (Å²) in [4.78, 5) is 0. The predicted molar refractivity (Wildman–Crippen MR) is 101 cm³/mol. The number of aromatic nitrogens is 1. The number of nitrogens with zero attached hydrogens (tertiary/aromatic N) is 1. The number of benzene rings is 2. The lowest BCUT2D eigenvalue weighted by Gasteiger charge is -2.11. The SMILES string of the molecule is COc1cc(C)ccc1NCC#Cc1cc2ccccc2n1CC(F)(F)F. The Morgan fingerprint density at radius 3 is 2.63 bits per heavy atom. The topological polar surface area (TPSA) is 26.2 Å². The van der Waals surface area contributed by atoms with E-state index in [0.717, 1.165) is 16.6 Å². The smallest absolute Gasteiger partial charge is 0.406 e. The highest BCUT2D eigenvalue weighted by molar-refractivity contribution is 5.82. The van der Waals surface area contributed by atoms with E-state index in [0.29, 0.717) is 17.0 Å². The number of nitrogens with one attached hydrogen (secondary N) is 1. The van der Waals surface area contributed by atoms with Crippen molar-refractivity contribution >= 4 is 16.6 Å². The fourth-order valence-electron chi connectivity index (χ4n) is 2.88. The van der Waals surface area contributed by atoms with Gasteiger partial charge in [0.15, 0.2) is 0 Å². The largest absolute Gasteiger partial charge is 0.495 e. The lowest BCUT2D eigenvalue weighted by Crippen LogP contribution is -2.18. The molecular weight excluding hydrogens is 353 g/mol. The number of hydrogen-bond donors (Lipinski definition) is 1. The fraction of sp³-hybridized carbons (Fsp3) is 0.238. The maximum Gasteiger partial charge on any atom is 0.406 e. The minimum Gasteiger partial charge on any atom is -0.495 e. The van der Waals surface area contributed by atoms with Crippen molar-refractivity contribution in [2.75, 3.05) is 19.0 Å². The van der Waals surface area contributed by atoms with Crippen LogP contribution in [0.1, 0.15) is 11.3 Å². The van der Waals surface area contributed by atoms with Crippen LogP contribution in [0.3, 0.4) is 0 Å². The van der Waals surface area contributed by atoms with Gasteiger partial charge in [-0.25, -0.2) is 0 Å². The Morgan fingerprint density at radius 1 is 1.11 bits per heavy atom. The number of alkyl halides is 3. The summed E-state index contributed by atoms with van der Waals surface area (Å²) in [5.41, 5.74) is 2.71. The summed E-state index contributed by atoms with van der Waals surface area (Å²) in [6.07, 6.45) is -4.31. The fourth-order valence-corrected chi connectivity index (χ4v) is 2.88. The van der Waals surface area contributed by atoms with Crippen LogP contribution in [0.15, 0.2) is 48.5 Å². The quantitative estimate of drug-likeness (QED) is 0.654. The van der Waals surface area contributed by atoms with E-state index in [1.165, 1.54) is 4.57 Å². The van der Waals surface area contributed by atoms with E-state index in [1.54, 1.807) is 37.4 Å². The zero-order chi connectivity index (χ0) is 19.4. The maximum absolute atomic E-state index is 13.0. The molecule has 0 aliphatic rings. The van der Waals surface area contributed by atoms with E-state index < -0.39 is 12.7 Å². The van der Waals surface area contributed by atoms with Crippen molar-refractivity contribution < 1.29 is 17.9 Å². The first kappa shape index (κ1) is 18.7. The molecule has 3 nitrogen and oxygen atoms in total. The van der Waals surface area contributed by atoms with Crippen LogP contribution in [0.5, 0.6) is 5.75 Å². The summed E-state index contributed by atoms with van der Waals surface area (Å²) in [6.45, 7) is 1.18. The Morgan fingerprint density at radius 2 is 1.89 bits per heavy atom. The molecule has 0 aliphatic heterocycles. The summed E-state index contributed by atoms with van der Waals surface area (Å²) in [7, 11) is 1.58. The van der Waals surface area contributed by atoms with Gasteiger partial charge < -0.3 is 14.6 Å². The highest BCUT2D eigenvalue weighted by Gasteiger charge is 2.29. The zero-order valence-electron chi connectivity index (χ0n) is 15.0. The number of aryl methyl sites for hydroxylation is 1. The van der Waals surface area contributed by atoms with E-state index in [4.69, 9.17) is 4.74 Å². The second kappa shape index (κ2) is 7.67. The van der Waals surface area contributed by atoms with Gasteiger partial charge in [0.1, 0.15) is 12.3 Å². The summed E-state index contributed by atoms with van der Waals surface area (Å²) >= 11 is 0. The van der Waals surface area contributed by atoms with E-state index in [1.807, 2.05) is 25.1 Å². The van der Waals surface area contributed by atoms with Gasteiger partial charge in [-0.3, -0.25) is 0 Å². The van der Waals surface area contributed by atoms with Crippen LogP contribution in [0.2, 0.25) is 0 Å². The third-order valence-electron chi connectivity index (χ3n) is 4.09. The third kappa shape index (κ3) is 4.56. The van der Waals surface area contributed by atoms with Gasteiger partial charge in [-0.15, -0.1) is 0 Å². The van der Waals surface area contributed by atoms with Crippen molar-refractivity contribution in [3.63, 3.8) is 0 Å². The van der Waals surface area contributed by atoms with Crippen molar-refractivity contribution in [3.8, 4) is 17.6 Å². The van der Waals surface area contributed by atoms with Gasteiger partial charge in [-0.2, -0.15) is 13.2 Å². The molecule has 2 aromatic carbocycles.